The molecule has 0 spiro atoms. The quantitative estimate of drug-likeness (QED) is 0.652. The van der Waals surface area contributed by atoms with Crippen molar-refractivity contribution in [2.75, 3.05) is 6.54 Å². The molecule has 1 saturated heterocycles. The molecule has 8 heteroatoms. The lowest BCUT2D eigenvalue weighted by molar-refractivity contribution is -0.139. The number of amides is 4. The van der Waals surface area contributed by atoms with Crippen LogP contribution in [0.25, 0.3) is 0 Å². The lowest BCUT2D eigenvalue weighted by Gasteiger charge is -2.22. The van der Waals surface area contributed by atoms with Crippen molar-refractivity contribution in [3.63, 3.8) is 0 Å². The second-order valence-electron chi connectivity index (χ2n) is 4.72. The van der Waals surface area contributed by atoms with Gasteiger partial charge in [-0.15, -0.1) is 0 Å². The summed E-state index contributed by atoms with van der Waals surface area (Å²) in [5, 5.41) is 23.2. The molecule has 1 aliphatic rings. The number of benzene rings is 1. The number of phenolic OH excluding ortho intramolecular Hbond substituents is 1. The number of aliphatic carboxylic acids is 1. The van der Waals surface area contributed by atoms with E-state index in [1.165, 1.54) is 24.3 Å². The van der Waals surface area contributed by atoms with E-state index in [4.69, 9.17) is 0 Å². The van der Waals surface area contributed by atoms with Gasteiger partial charge in [0, 0.05) is 6.54 Å². The van der Waals surface area contributed by atoms with E-state index < -0.39 is 24.1 Å². The summed E-state index contributed by atoms with van der Waals surface area (Å²) >= 11 is 0. The maximum absolute atomic E-state index is 12.1. The van der Waals surface area contributed by atoms with Gasteiger partial charge in [0.15, 0.2) is 6.04 Å². The van der Waals surface area contributed by atoms with Gasteiger partial charge in [0.1, 0.15) is 5.75 Å². The molecule has 1 aromatic rings. The zero-order valence-corrected chi connectivity index (χ0v) is 11.2. The maximum atomic E-state index is 12.1. The Labute approximate surface area is 120 Å². The molecule has 0 saturated carbocycles. The predicted octanol–water partition coefficient (Wildman–Crippen LogP) is 0.641. The molecule has 2 rings (SSSR count). The molecule has 1 aromatic carbocycles. The van der Waals surface area contributed by atoms with Gasteiger partial charge in [-0.3, -0.25) is 0 Å². The summed E-state index contributed by atoms with van der Waals surface area (Å²) in [6.45, 7) is 2.00. The SMILES string of the molecule is CC1CNC(=O)N1C(=O)NC(C(=O)O)c1ccc(O)cc1. The second-order valence-corrected chi connectivity index (χ2v) is 4.72. The van der Waals surface area contributed by atoms with Gasteiger partial charge in [-0.1, -0.05) is 12.1 Å². The van der Waals surface area contributed by atoms with Gasteiger partial charge in [-0.25, -0.2) is 19.3 Å². The van der Waals surface area contributed by atoms with Crippen LogP contribution in [0.5, 0.6) is 5.75 Å². The molecule has 8 nitrogen and oxygen atoms in total. The van der Waals surface area contributed by atoms with Crippen LogP contribution >= 0.6 is 0 Å². The number of hydrogen-bond donors (Lipinski definition) is 4. The molecule has 2 atom stereocenters. The molecule has 4 N–H and O–H groups in total. The normalized spacial score (nSPS) is 19.0. The Kier molecular flexibility index (Phi) is 3.97. The molecule has 1 fully saturated rings. The summed E-state index contributed by atoms with van der Waals surface area (Å²) in [6.07, 6.45) is 0. The molecule has 21 heavy (non-hydrogen) atoms. The van der Waals surface area contributed by atoms with Crippen molar-refractivity contribution in [2.45, 2.75) is 19.0 Å². The van der Waals surface area contributed by atoms with Crippen LogP contribution in [0.4, 0.5) is 9.59 Å². The summed E-state index contributed by atoms with van der Waals surface area (Å²) in [7, 11) is 0. The van der Waals surface area contributed by atoms with Crippen LogP contribution in [0.15, 0.2) is 24.3 Å². The molecular formula is C13H15N3O5. The number of hydrogen-bond acceptors (Lipinski definition) is 4. The third-order valence-electron chi connectivity index (χ3n) is 3.17. The van der Waals surface area contributed by atoms with Crippen LogP contribution in [0, 0.1) is 0 Å². The van der Waals surface area contributed by atoms with Gasteiger partial charge < -0.3 is 20.8 Å². The number of nitrogens with one attached hydrogen (secondary N) is 2. The highest BCUT2D eigenvalue weighted by atomic mass is 16.4. The number of carbonyl (C=O) groups excluding carboxylic acids is 2. The maximum Gasteiger partial charge on any atom is 0.330 e. The molecule has 0 bridgehead atoms. The van der Waals surface area contributed by atoms with Gasteiger partial charge in [0.05, 0.1) is 6.04 Å². The van der Waals surface area contributed by atoms with Crippen LogP contribution < -0.4 is 10.6 Å². The zero-order valence-electron chi connectivity index (χ0n) is 11.2. The highest BCUT2D eigenvalue weighted by molar-refractivity contribution is 5.97. The Bertz CT molecular complexity index is 572. The Morgan fingerprint density at radius 1 is 1.38 bits per heavy atom. The van der Waals surface area contributed by atoms with E-state index in [0.717, 1.165) is 4.90 Å². The minimum Gasteiger partial charge on any atom is -0.508 e. The Hall–Kier alpha value is -2.77. The zero-order chi connectivity index (χ0) is 15.6. The van der Waals surface area contributed by atoms with Gasteiger partial charge in [-0.05, 0) is 24.6 Å². The number of carbonyl (C=O) groups is 3. The Morgan fingerprint density at radius 2 is 2.00 bits per heavy atom. The Balaban J connectivity index is 2.17. The number of rotatable bonds is 3. The first kappa shape index (κ1) is 14.6. The number of carboxylic acid groups (broad SMARTS) is 1. The minimum atomic E-state index is -1.31. The molecule has 0 aromatic heterocycles. The average molecular weight is 293 g/mol. The molecular weight excluding hydrogens is 278 g/mol. The third-order valence-corrected chi connectivity index (χ3v) is 3.17. The van der Waals surface area contributed by atoms with E-state index in [1.54, 1.807) is 6.92 Å². The van der Waals surface area contributed by atoms with Gasteiger partial charge in [0.2, 0.25) is 0 Å². The van der Waals surface area contributed by atoms with Gasteiger partial charge >= 0.3 is 18.0 Å². The largest absolute Gasteiger partial charge is 0.508 e. The molecule has 1 aliphatic heterocycles. The first-order chi connectivity index (χ1) is 9.90. The van der Waals surface area contributed by atoms with Crippen LogP contribution in [-0.4, -0.2) is 45.7 Å². The summed E-state index contributed by atoms with van der Waals surface area (Å²) in [4.78, 5) is 35.8. The van der Waals surface area contributed by atoms with Gasteiger partial charge in [0.25, 0.3) is 0 Å². The molecule has 112 valence electrons. The summed E-state index contributed by atoms with van der Waals surface area (Å²) in [6, 6.07) is 2.42. The molecule has 4 amide bonds. The van der Waals surface area contributed by atoms with E-state index in [2.05, 4.69) is 10.6 Å². The van der Waals surface area contributed by atoms with Crippen molar-refractivity contribution in [1.82, 2.24) is 15.5 Å². The van der Waals surface area contributed by atoms with E-state index in [1.807, 2.05) is 0 Å². The van der Waals surface area contributed by atoms with Gasteiger partial charge in [-0.2, -0.15) is 0 Å². The number of nitrogens with zero attached hydrogens (tertiary/aromatic N) is 1. The third kappa shape index (κ3) is 3.04. The number of carboxylic acids is 1. The number of phenols is 1. The van der Waals surface area contributed by atoms with Crippen molar-refractivity contribution in [2.24, 2.45) is 0 Å². The van der Waals surface area contributed by atoms with E-state index >= 15 is 0 Å². The molecule has 0 aliphatic carbocycles. The smallest absolute Gasteiger partial charge is 0.330 e. The second kappa shape index (κ2) is 5.70. The van der Waals surface area contributed by atoms with E-state index in [-0.39, 0.29) is 11.8 Å². The predicted molar refractivity (Wildman–Crippen MR) is 71.7 cm³/mol. The number of aromatic hydroxyl groups is 1. The topological polar surface area (TPSA) is 119 Å². The van der Waals surface area contributed by atoms with Crippen molar-refractivity contribution < 1.29 is 24.6 Å². The number of urea groups is 2. The summed E-state index contributed by atoms with van der Waals surface area (Å²) in [5.41, 5.74) is 0.293. The minimum absolute atomic E-state index is 0.0123. The van der Waals surface area contributed by atoms with Crippen LogP contribution in [-0.2, 0) is 4.79 Å². The summed E-state index contributed by atoms with van der Waals surface area (Å²) in [5.74, 6) is -1.27. The average Bonchev–Trinajstić information content (AvgIpc) is 2.76. The highest BCUT2D eigenvalue weighted by Crippen LogP contribution is 2.18. The van der Waals surface area contributed by atoms with Crippen LogP contribution in [0.3, 0.4) is 0 Å². The lowest BCUT2D eigenvalue weighted by Crippen LogP contribution is -2.47. The standard InChI is InChI=1S/C13H15N3O5/c1-7-6-14-12(20)16(7)13(21)15-10(11(18)19)8-2-4-9(17)5-3-8/h2-5,7,10,17H,6H2,1H3,(H,14,20)(H,15,21)(H,18,19). The van der Waals surface area contributed by atoms with E-state index in [0.29, 0.717) is 12.1 Å². The lowest BCUT2D eigenvalue weighted by atomic mass is 10.1. The van der Waals surface area contributed by atoms with Crippen LogP contribution in [0.2, 0.25) is 0 Å². The Morgan fingerprint density at radius 3 is 2.48 bits per heavy atom. The highest BCUT2D eigenvalue weighted by Gasteiger charge is 2.35. The van der Waals surface area contributed by atoms with Crippen molar-refractivity contribution in [3.05, 3.63) is 29.8 Å². The van der Waals surface area contributed by atoms with E-state index in [9.17, 15) is 24.6 Å². The molecule has 2 unspecified atom stereocenters. The fourth-order valence-corrected chi connectivity index (χ4v) is 2.05. The number of imide groups is 1. The first-order valence-corrected chi connectivity index (χ1v) is 6.29. The van der Waals surface area contributed by atoms with Crippen LogP contribution in [0.1, 0.15) is 18.5 Å². The summed E-state index contributed by atoms with van der Waals surface area (Å²) < 4.78 is 0. The molecule has 1 heterocycles. The van der Waals surface area contributed by atoms with Crippen molar-refractivity contribution in [1.29, 1.82) is 0 Å². The molecule has 0 radical (unpaired) electrons. The van der Waals surface area contributed by atoms with Crippen molar-refractivity contribution in [3.8, 4) is 5.75 Å². The van der Waals surface area contributed by atoms with Crippen molar-refractivity contribution >= 4 is 18.0 Å². The monoisotopic (exact) mass is 293 g/mol. The fourth-order valence-electron chi connectivity index (χ4n) is 2.05. The fraction of sp³-hybridized carbons (Fsp3) is 0.308. The first-order valence-electron chi connectivity index (χ1n) is 6.29.